The molecule has 1 atom stereocenters. The molecule has 0 bridgehead atoms. The Kier molecular flexibility index (Phi) is 5.39. The van der Waals surface area contributed by atoms with Crippen LogP contribution in [0.2, 0.25) is 0 Å². The summed E-state index contributed by atoms with van der Waals surface area (Å²) in [5.74, 6) is 1.26. The van der Waals surface area contributed by atoms with Crippen molar-refractivity contribution in [3.05, 3.63) is 59.6 Å². The van der Waals surface area contributed by atoms with Crippen molar-refractivity contribution in [3.63, 3.8) is 0 Å². The maximum Gasteiger partial charge on any atom is 0.154 e. The summed E-state index contributed by atoms with van der Waals surface area (Å²) in [6.07, 6.45) is 0. The largest absolute Gasteiger partial charge is 0.364 e. The predicted octanol–water partition coefficient (Wildman–Crippen LogP) is 2.50. The molecule has 5 nitrogen and oxygen atoms in total. The summed E-state index contributed by atoms with van der Waals surface area (Å²) in [7, 11) is 3.52. The van der Waals surface area contributed by atoms with Crippen LogP contribution in [0.5, 0.6) is 0 Å². The molecule has 23 heavy (non-hydrogen) atoms. The second-order valence-electron chi connectivity index (χ2n) is 5.48. The zero-order valence-electron chi connectivity index (χ0n) is 13.8. The van der Waals surface area contributed by atoms with E-state index in [4.69, 9.17) is 4.74 Å². The smallest absolute Gasteiger partial charge is 0.154 e. The Morgan fingerprint density at radius 1 is 1.39 bits per heavy atom. The van der Waals surface area contributed by atoms with Crippen molar-refractivity contribution in [1.29, 1.82) is 0 Å². The first-order valence-corrected chi connectivity index (χ1v) is 7.36. The number of ether oxygens (including phenoxy) is 1. The normalized spacial score (nSPS) is 18.0. The summed E-state index contributed by atoms with van der Waals surface area (Å²) < 4.78 is 18.4. The van der Waals surface area contributed by atoms with E-state index in [-0.39, 0.29) is 11.9 Å². The predicted molar refractivity (Wildman–Crippen MR) is 89.9 cm³/mol. The molecular formula is C17H23FN4O. The van der Waals surface area contributed by atoms with Gasteiger partial charge in [-0.25, -0.2) is 9.38 Å². The molecular weight excluding hydrogens is 295 g/mol. The quantitative estimate of drug-likeness (QED) is 0.646. The number of hydrogen-bond donors (Lipinski definition) is 1. The van der Waals surface area contributed by atoms with Crippen LogP contribution in [0.3, 0.4) is 0 Å². The lowest BCUT2D eigenvalue weighted by Crippen LogP contribution is -2.46. The van der Waals surface area contributed by atoms with Crippen LogP contribution in [-0.2, 0) is 11.3 Å². The molecule has 1 N–H and O–H groups in total. The van der Waals surface area contributed by atoms with Gasteiger partial charge in [0, 0.05) is 20.7 Å². The van der Waals surface area contributed by atoms with Crippen LogP contribution >= 0.6 is 0 Å². The van der Waals surface area contributed by atoms with E-state index in [1.54, 1.807) is 19.2 Å². The molecule has 0 fully saturated rings. The molecule has 1 unspecified atom stereocenters. The topological polar surface area (TPSA) is 40.1 Å². The molecule has 0 saturated heterocycles. The van der Waals surface area contributed by atoms with Gasteiger partial charge in [0.15, 0.2) is 5.82 Å². The monoisotopic (exact) mass is 318 g/mol. The number of hydrogen-bond acceptors (Lipinski definition) is 5. The lowest BCUT2D eigenvalue weighted by Gasteiger charge is -2.40. The number of aliphatic imine (C=N–C) groups is 1. The Balaban J connectivity index is 2.37. The Bertz CT molecular complexity index is 612. The van der Waals surface area contributed by atoms with Crippen LogP contribution in [0.15, 0.2) is 53.2 Å². The molecule has 6 heteroatoms. The summed E-state index contributed by atoms with van der Waals surface area (Å²) in [6, 6.07) is 6.46. The minimum atomic E-state index is -0.247. The van der Waals surface area contributed by atoms with Crippen LogP contribution in [0.25, 0.3) is 0 Å². The molecule has 0 spiro atoms. The minimum Gasteiger partial charge on any atom is -0.364 e. The van der Waals surface area contributed by atoms with Gasteiger partial charge in [0.25, 0.3) is 0 Å². The van der Waals surface area contributed by atoms with Gasteiger partial charge in [0.2, 0.25) is 0 Å². The van der Waals surface area contributed by atoms with Crippen molar-refractivity contribution in [2.75, 3.05) is 20.9 Å². The van der Waals surface area contributed by atoms with E-state index >= 15 is 0 Å². The van der Waals surface area contributed by atoms with E-state index in [1.165, 1.54) is 12.1 Å². The van der Waals surface area contributed by atoms with Crippen LogP contribution in [0.4, 0.5) is 4.39 Å². The number of benzene rings is 1. The molecule has 0 aliphatic carbocycles. The van der Waals surface area contributed by atoms with E-state index in [9.17, 15) is 4.39 Å². The Morgan fingerprint density at radius 2 is 2.04 bits per heavy atom. The van der Waals surface area contributed by atoms with Gasteiger partial charge in [-0.3, -0.25) is 0 Å². The molecule has 2 rings (SSSR count). The minimum absolute atomic E-state index is 0.00907. The van der Waals surface area contributed by atoms with Crippen LogP contribution < -0.4 is 5.32 Å². The van der Waals surface area contributed by atoms with Gasteiger partial charge in [-0.15, -0.1) is 0 Å². The highest BCUT2D eigenvalue weighted by atomic mass is 19.1. The molecule has 124 valence electrons. The molecule has 1 aromatic carbocycles. The molecule has 1 heterocycles. The van der Waals surface area contributed by atoms with Crippen molar-refractivity contribution < 1.29 is 9.13 Å². The summed E-state index contributed by atoms with van der Waals surface area (Å²) in [4.78, 5) is 8.08. The van der Waals surface area contributed by atoms with Gasteiger partial charge in [-0.1, -0.05) is 18.7 Å². The third-order valence-corrected chi connectivity index (χ3v) is 3.81. The maximum absolute atomic E-state index is 13.1. The molecule has 0 aromatic heterocycles. The third-order valence-electron chi connectivity index (χ3n) is 3.81. The van der Waals surface area contributed by atoms with Crippen molar-refractivity contribution >= 4 is 6.72 Å². The fourth-order valence-electron chi connectivity index (χ4n) is 2.68. The highest BCUT2D eigenvalue weighted by Gasteiger charge is 2.28. The lowest BCUT2D eigenvalue weighted by atomic mass is 10.1. The van der Waals surface area contributed by atoms with E-state index in [1.807, 2.05) is 18.9 Å². The average Bonchev–Trinajstić information content (AvgIpc) is 2.52. The van der Waals surface area contributed by atoms with E-state index in [0.29, 0.717) is 13.3 Å². The Hall–Kier alpha value is -2.34. The summed E-state index contributed by atoms with van der Waals surface area (Å²) >= 11 is 0. The number of halogens is 1. The molecule has 0 amide bonds. The van der Waals surface area contributed by atoms with Gasteiger partial charge in [-0.2, -0.15) is 0 Å². The molecule has 1 aromatic rings. The Labute approximate surface area is 136 Å². The Morgan fingerprint density at radius 3 is 2.61 bits per heavy atom. The number of methoxy groups -OCH3 is 1. The summed E-state index contributed by atoms with van der Waals surface area (Å²) in [5, 5.41) is 3.31. The molecule has 0 radical (unpaired) electrons. The lowest BCUT2D eigenvalue weighted by molar-refractivity contribution is 0.0719. The molecule has 1 aliphatic rings. The first kappa shape index (κ1) is 17.0. The molecule has 0 saturated carbocycles. The van der Waals surface area contributed by atoms with Gasteiger partial charge in [0.1, 0.15) is 12.5 Å². The second kappa shape index (κ2) is 7.28. The maximum atomic E-state index is 13.1. The molecule has 1 aliphatic heterocycles. The van der Waals surface area contributed by atoms with E-state index in [0.717, 1.165) is 22.9 Å². The highest BCUT2D eigenvalue weighted by Crippen LogP contribution is 2.26. The van der Waals surface area contributed by atoms with Gasteiger partial charge < -0.3 is 19.9 Å². The van der Waals surface area contributed by atoms with Crippen LogP contribution in [0.1, 0.15) is 12.5 Å². The second-order valence-corrected chi connectivity index (χ2v) is 5.48. The van der Waals surface area contributed by atoms with Crippen molar-refractivity contribution in [2.24, 2.45) is 4.99 Å². The van der Waals surface area contributed by atoms with Crippen molar-refractivity contribution in [1.82, 2.24) is 15.1 Å². The van der Waals surface area contributed by atoms with Crippen LogP contribution in [0, 0.1) is 5.82 Å². The standard InChI is InChI=1S/C17H23FN4O/c1-12-16(17(19-3)21(4)13(2)20-12)22(11-23-5)10-14-6-8-15(18)9-7-14/h6-9,12,20H,2-3,10-11H2,1,4-5H3. The van der Waals surface area contributed by atoms with Gasteiger partial charge in [0.05, 0.1) is 17.6 Å². The number of nitrogens with one attached hydrogen (secondary N) is 1. The first-order valence-electron chi connectivity index (χ1n) is 7.36. The van der Waals surface area contributed by atoms with E-state index in [2.05, 4.69) is 28.5 Å². The zero-order chi connectivity index (χ0) is 17.0. The SMILES string of the molecule is C=NC1=C(N(COC)Cc2ccc(F)cc2)C(C)NC(=C)N1C. The van der Waals surface area contributed by atoms with E-state index < -0.39 is 0 Å². The van der Waals surface area contributed by atoms with Gasteiger partial charge in [-0.05, 0) is 31.3 Å². The highest BCUT2D eigenvalue weighted by molar-refractivity contribution is 5.35. The zero-order valence-corrected chi connectivity index (χ0v) is 13.8. The average molecular weight is 318 g/mol. The number of rotatable bonds is 6. The number of nitrogens with zero attached hydrogens (tertiary/aromatic N) is 3. The van der Waals surface area contributed by atoms with Gasteiger partial charge >= 0.3 is 0 Å². The van der Waals surface area contributed by atoms with Crippen molar-refractivity contribution in [2.45, 2.75) is 19.5 Å². The summed E-state index contributed by atoms with van der Waals surface area (Å²) in [5.41, 5.74) is 1.94. The van der Waals surface area contributed by atoms with Crippen LogP contribution in [-0.4, -0.2) is 43.4 Å². The fraction of sp³-hybridized carbons (Fsp3) is 0.353. The fourth-order valence-corrected chi connectivity index (χ4v) is 2.68. The summed E-state index contributed by atoms with van der Waals surface area (Å²) in [6.45, 7) is 10.7. The first-order chi connectivity index (χ1) is 11.0. The van der Waals surface area contributed by atoms with Crippen molar-refractivity contribution in [3.8, 4) is 0 Å². The third kappa shape index (κ3) is 3.71.